The molecular formula is C58H89N7O11. The SMILES string of the molecule is CC[C@H](C)C([C@@H](CC(=O)N1CCC[C@H]1[C@H](OC)[C@@H](C)C(=O)N[C@@H](Cc1ccccc1)C(=O)OC)OC)N(C)C(=O)[C@@H](NC(=O)C(C(C)C)N(C)Cc1cccc(NC(=O)CCCCCN2C(=O)CC(C)C2=O)c1)C(C)C. The smallest absolute Gasteiger partial charge is 0.328 e. The normalized spacial score (nSPS) is 18.9. The molecule has 3 unspecified atom stereocenters. The number of hydrogen-bond acceptors (Lipinski definition) is 12. The van der Waals surface area contributed by atoms with Gasteiger partial charge in [0.15, 0.2) is 0 Å². The van der Waals surface area contributed by atoms with Crippen LogP contribution in [0.5, 0.6) is 0 Å². The summed E-state index contributed by atoms with van der Waals surface area (Å²) in [6.45, 7) is 16.4. The van der Waals surface area contributed by atoms with Crippen molar-refractivity contribution in [2.24, 2.45) is 29.6 Å². The van der Waals surface area contributed by atoms with Gasteiger partial charge in [-0.3, -0.25) is 43.4 Å². The molecular weight excluding hydrogens is 971 g/mol. The first kappa shape index (κ1) is 62.8. The molecule has 18 heteroatoms. The van der Waals surface area contributed by atoms with Crippen LogP contribution in [-0.2, 0) is 65.5 Å². The van der Waals surface area contributed by atoms with E-state index in [1.807, 2.05) is 108 Å². The fraction of sp³-hybridized carbons (Fsp3) is 0.655. The first-order chi connectivity index (χ1) is 36.1. The van der Waals surface area contributed by atoms with Gasteiger partial charge in [-0.25, -0.2) is 4.79 Å². The number of methoxy groups -OCH3 is 3. The summed E-state index contributed by atoms with van der Waals surface area (Å²) in [4.78, 5) is 114. The van der Waals surface area contributed by atoms with Gasteiger partial charge in [-0.05, 0) is 73.7 Å². The minimum atomic E-state index is -0.922. The molecule has 2 saturated heterocycles. The average Bonchev–Trinajstić information content (AvgIpc) is 3.97. The molecule has 0 aliphatic carbocycles. The number of likely N-dealkylation sites (tertiary alicyclic amines) is 2. The number of benzene rings is 2. The van der Waals surface area contributed by atoms with E-state index in [2.05, 4.69) is 16.0 Å². The van der Waals surface area contributed by atoms with E-state index in [-0.39, 0.29) is 78.4 Å². The third-order valence-corrected chi connectivity index (χ3v) is 15.3. The van der Waals surface area contributed by atoms with Crippen molar-refractivity contribution >= 4 is 53.0 Å². The fourth-order valence-electron chi connectivity index (χ4n) is 11.0. The van der Waals surface area contributed by atoms with Crippen LogP contribution in [0, 0.1) is 29.6 Å². The topological polar surface area (TPSA) is 213 Å². The van der Waals surface area contributed by atoms with Crippen LogP contribution < -0.4 is 16.0 Å². The van der Waals surface area contributed by atoms with Crippen molar-refractivity contribution in [2.45, 2.75) is 169 Å². The average molecular weight is 1060 g/mol. The molecule has 2 aromatic carbocycles. The monoisotopic (exact) mass is 1060 g/mol. The predicted octanol–water partition coefficient (Wildman–Crippen LogP) is 6.00. The Balaban J connectivity index is 1.40. The van der Waals surface area contributed by atoms with Crippen molar-refractivity contribution < 1.29 is 52.6 Å². The molecule has 0 radical (unpaired) electrons. The molecule has 2 fully saturated rings. The Bertz CT molecular complexity index is 2260. The van der Waals surface area contributed by atoms with E-state index in [1.165, 1.54) is 26.2 Å². The largest absolute Gasteiger partial charge is 0.467 e. The van der Waals surface area contributed by atoms with Crippen molar-refractivity contribution in [3.8, 4) is 0 Å². The minimum Gasteiger partial charge on any atom is -0.467 e. The number of esters is 1. The summed E-state index contributed by atoms with van der Waals surface area (Å²) < 4.78 is 17.1. The van der Waals surface area contributed by atoms with E-state index >= 15 is 0 Å². The van der Waals surface area contributed by atoms with Crippen LogP contribution in [0.2, 0.25) is 0 Å². The summed E-state index contributed by atoms with van der Waals surface area (Å²) in [6.07, 6.45) is 3.27. The van der Waals surface area contributed by atoms with Gasteiger partial charge >= 0.3 is 5.97 Å². The molecule has 10 atom stereocenters. The van der Waals surface area contributed by atoms with Gasteiger partial charge in [-0.1, -0.05) is 111 Å². The molecule has 7 amide bonds. The second-order valence-electron chi connectivity index (χ2n) is 21.7. The maximum absolute atomic E-state index is 14.8. The summed E-state index contributed by atoms with van der Waals surface area (Å²) in [7, 11) is 7.90. The van der Waals surface area contributed by atoms with Gasteiger partial charge in [0.25, 0.3) is 0 Å². The van der Waals surface area contributed by atoms with Crippen molar-refractivity contribution in [1.82, 2.24) is 30.2 Å². The van der Waals surface area contributed by atoms with E-state index in [0.29, 0.717) is 70.3 Å². The molecule has 2 aromatic rings. The molecule has 0 spiro atoms. The number of likely N-dealkylation sites (N-methyl/N-ethyl adjacent to an activating group) is 2. The second-order valence-corrected chi connectivity index (χ2v) is 21.7. The van der Waals surface area contributed by atoms with Gasteiger partial charge in [-0.15, -0.1) is 0 Å². The van der Waals surface area contributed by atoms with Crippen LogP contribution in [0.4, 0.5) is 5.69 Å². The van der Waals surface area contributed by atoms with Crippen LogP contribution in [0.15, 0.2) is 54.6 Å². The fourth-order valence-corrected chi connectivity index (χ4v) is 11.0. The van der Waals surface area contributed by atoms with E-state index in [1.54, 1.807) is 30.7 Å². The summed E-state index contributed by atoms with van der Waals surface area (Å²) in [5, 5.41) is 8.95. The van der Waals surface area contributed by atoms with Crippen LogP contribution in [0.3, 0.4) is 0 Å². The van der Waals surface area contributed by atoms with Crippen LogP contribution >= 0.6 is 0 Å². The highest BCUT2D eigenvalue weighted by atomic mass is 16.5. The number of imide groups is 1. The zero-order valence-electron chi connectivity index (χ0n) is 47.6. The number of nitrogens with zero attached hydrogens (tertiary/aromatic N) is 4. The highest BCUT2D eigenvalue weighted by Crippen LogP contribution is 2.30. The Morgan fingerprint density at radius 1 is 0.816 bits per heavy atom. The van der Waals surface area contributed by atoms with Crippen molar-refractivity contribution in [1.29, 1.82) is 0 Å². The molecule has 0 aromatic heterocycles. The zero-order chi connectivity index (χ0) is 56.4. The first-order valence-electron chi connectivity index (χ1n) is 27.4. The standard InChI is InChI=1S/C58H89N7O11/c1-14-38(6)52(46(74-11)34-49(68)64-30-22-27-45(64)53(75-12)40(8)54(69)60-44(58(73)76-13)33-41-23-17-15-18-24-41)63(10)57(72)50(36(2)3)61-55(70)51(37(4)5)62(9)35-42-25-21-26-43(32-42)59-47(66)28-19-16-20-29-65-48(67)31-39(7)56(65)71/h15,17-18,21,23-26,32,36-40,44-46,50-53H,14,16,19-20,22,27-31,33-35H2,1-13H3,(H,59,66)(H,60,69)(H,61,70)/t38-,39?,40+,44-,45-,46+,50-,51?,52?,53+/m0/s1. The third kappa shape index (κ3) is 17.1. The van der Waals surface area contributed by atoms with E-state index in [0.717, 1.165) is 11.1 Å². The summed E-state index contributed by atoms with van der Waals surface area (Å²) in [5.41, 5.74) is 2.36. The third-order valence-electron chi connectivity index (χ3n) is 15.3. The molecule has 0 bridgehead atoms. The summed E-state index contributed by atoms with van der Waals surface area (Å²) in [6, 6.07) is 13.4. The Hall–Kier alpha value is -5.72. The number of ether oxygens (including phenoxy) is 3. The van der Waals surface area contributed by atoms with Crippen LogP contribution in [0.25, 0.3) is 0 Å². The highest BCUT2D eigenvalue weighted by molar-refractivity contribution is 6.03. The number of hydrogen-bond donors (Lipinski definition) is 3. The van der Waals surface area contributed by atoms with Gasteiger partial charge in [-0.2, -0.15) is 0 Å². The summed E-state index contributed by atoms with van der Waals surface area (Å²) >= 11 is 0. The molecule has 422 valence electrons. The Kier molecular flexibility index (Phi) is 25.0. The van der Waals surface area contributed by atoms with Gasteiger partial charge in [0.1, 0.15) is 12.1 Å². The van der Waals surface area contributed by atoms with E-state index < -0.39 is 60.2 Å². The van der Waals surface area contributed by atoms with Gasteiger partial charge in [0.2, 0.25) is 41.4 Å². The Morgan fingerprint density at radius 2 is 1.50 bits per heavy atom. The zero-order valence-corrected chi connectivity index (χ0v) is 47.6. The summed E-state index contributed by atoms with van der Waals surface area (Å²) in [5.74, 6) is -3.73. The van der Waals surface area contributed by atoms with Crippen molar-refractivity contribution in [3.63, 3.8) is 0 Å². The highest BCUT2D eigenvalue weighted by Gasteiger charge is 2.44. The molecule has 4 rings (SSSR count). The Labute approximate surface area is 452 Å². The maximum atomic E-state index is 14.8. The lowest BCUT2D eigenvalue weighted by molar-refractivity contribution is -0.149. The first-order valence-corrected chi connectivity index (χ1v) is 27.4. The lowest BCUT2D eigenvalue weighted by atomic mass is 9.89. The molecule has 2 aliphatic rings. The quantitative estimate of drug-likeness (QED) is 0.0467. The van der Waals surface area contributed by atoms with E-state index in [9.17, 15) is 38.4 Å². The molecule has 2 heterocycles. The lowest BCUT2D eigenvalue weighted by Gasteiger charge is -2.41. The number of unbranched alkanes of at least 4 members (excludes halogenated alkanes) is 2. The molecule has 76 heavy (non-hydrogen) atoms. The molecule has 2 aliphatic heterocycles. The number of nitrogens with one attached hydrogen (secondary N) is 3. The predicted molar refractivity (Wildman–Crippen MR) is 291 cm³/mol. The van der Waals surface area contributed by atoms with Crippen LogP contribution in [0.1, 0.15) is 124 Å². The number of anilines is 1. The second kappa shape index (κ2) is 30.3. The number of amides is 7. The minimum absolute atomic E-state index is 0.0471. The number of carbonyl (C=O) groups excluding carboxylic acids is 8. The van der Waals surface area contributed by atoms with E-state index in [4.69, 9.17) is 14.2 Å². The maximum Gasteiger partial charge on any atom is 0.328 e. The number of rotatable bonds is 30. The Morgan fingerprint density at radius 3 is 2.09 bits per heavy atom. The van der Waals surface area contributed by atoms with Crippen molar-refractivity contribution in [2.75, 3.05) is 53.8 Å². The molecule has 3 N–H and O–H groups in total. The van der Waals surface area contributed by atoms with Crippen LogP contribution in [-0.4, -0.2) is 158 Å². The lowest BCUT2D eigenvalue weighted by Crippen LogP contribution is -2.60. The number of carbonyl (C=O) groups is 8. The van der Waals surface area contributed by atoms with Gasteiger partial charge in [0, 0.05) is 71.8 Å². The molecule has 18 nitrogen and oxygen atoms in total. The molecule has 0 saturated carbocycles. The van der Waals surface area contributed by atoms with Crippen molar-refractivity contribution in [3.05, 3.63) is 65.7 Å². The van der Waals surface area contributed by atoms with Gasteiger partial charge < -0.3 is 40.0 Å². The van der Waals surface area contributed by atoms with Gasteiger partial charge in [0.05, 0.1) is 49.8 Å².